The van der Waals surface area contributed by atoms with Crippen LogP contribution in [0, 0.1) is 0 Å². The van der Waals surface area contributed by atoms with Crippen molar-refractivity contribution < 1.29 is 24.3 Å². The summed E-state index contributed by atoms with van der Waals surface area (Å²) in [6, 6.07) is -0.990. The fourth-order valence-electron chi connectivity index (χ4n) is 3.32. The van der Waals surface area contributed by atoms with E-state index in [0.29, 0.717) is 16.5 Å². The Balaban J connectivity index is 1.51. The van der Waals surface area contributed by atoms with Gasteiger partial charge in [0.15, 0.2) is 5.13 Å². The molecular formula is C17H17N9O5S3. The summed E-state index contributed by atoms with van der Waals surface area (Å²) >= 11 is 3.63. The number of rotatable bonds is 8. The van der Waals surface area contributed by atoms with E-state index in [4.69, 9.17) is 11.5 Å². The first-order valence-electron chi connectivity index (χ1n) is 9.46. The number of thioether (sulfide) groups is 2. The van der Waals surface area contributed by atoms with E-state index in [0.717, 1.165) is 22.3 Å². The summed E-state index contributed by atoms with van der Waals surface area (Å²) in [4.78, 5) is 54.3. The summed E-state index contributed by atoms with van der Waals surface area (Å²) in [5.41, 5.74) is 11.2. The largest absolute Gasteiger partial charge is 0.477 e. The molecule has 6 N–H and O–H groups in total. The quantitative estimate of drug-likeness (QED) is 0.180. The second-order valence-electron chi connectivity index (χ2n) is 7.02. The summed E-state index contributed by atoms with van der Waals surface area (Å²) in [5.74, 6) is -2.86. The molecule has 178 valence electrons. The molecule has 0 radical (unpaired) electrons. The molecule has 4 rings (SSSR count). The van der Waals surface area contributed by atoms with Crippen molar-refractivity contribution in [1.82, 2.24) is 35.4 Å². The van der Waals surface area contributed by atoms with E-state index in [2.05, 4.69) is 25.8 Å². The number of nitrogens with one attached hydrogen (secondary N) is 1. The average Bonchev–Trinajstić information content (AvgIpc) is 3.40. The number of nitrogens with zero attached hydrogens (tertiary/aromatic N) is 6. The number of carboxylic acids is 1. The first-order chi connectivity index (χ1) is 16.2. The van der Waals surface area contributed by atoms with Crippen molar-refractivity contribution >= 4 is 69.3 Å². The number of β-lactam (4-membered cyclic amide) rings is 1. The summed E-state index contributed by atoms with van der Waals surface area (Å²) in [7, 11) is 1.66. The molecule has 2 atom stereocenters. The SMILES string of the molecule is Cn1nnnc1SCC1=C(C(=O)O)N2C(=O)C(NC(=O)/C(=C/C(N)=O)c3csc(N)n3)[C@H]2SC1. The van der Waals surface area contributed by atoms with Crippen molar-refractivity contribution in [2.45, 2.75) is 16.6 Å². The number of aromatic nitrogens is 5. The first-order valence-corrected chi connectivity index (χ1v) is 12.4. The summed E-state index contributed by atoms with van der Waals surface area (Å²) in [5, 5.41) is 25.0. The van der Waals surface area contributed by atoms with Crippen LogP contribution in [0.4, 0.5) is 5.13 Å². The highest BCUT2D eigenvalue weighted by molar-refractivity contribution is 8.01. The van der Waals surface area contributed by atoms with E-state index in [-0.39, 0.29) is 27.8 Å². The molecule has 34 heavy (non-hydrogen) atoms. The summed E-state index contributed by atoms with van der Waals surface area (Å²) in [6.45, 7) is 0. The van der Waals surface area contributed by atoms with Crippen LogP contribution in [0.25, 0.3) is 5.57 Å². The Morgan fingerprint density at radius 1 is 1.41 bits per heavy atom. The lowest BCUT2D eigenvalue weighted by Gasteiger charge is -2.49. The number of carbonyl (C=O) groups excluding carboxylic acids is 3. The van der Waals surface area contributed by atoms with Crippen molar-refractivity contribution in [1.29, 1.82) is 0 Å². The number of primary amides is 1. The van der Waals surface area contributed by atoms with Gasteiger partial charge < -0.3 is 21.9 Å². The predicted molar refractivity (Wildman–Crippen MR) is 123 cm³/mol. The first kappa shape index (κ1) is 23.7. The molecule has 17 heteroatoms. The van der Waals surface area contributed by atoms with Crippen LogP contribution < -0.4 is 16.8 Å². The molecule has 0 spiro atoms. The van der Waals surface area contributed by atoms with Crippen molar-refractivity contribution in [2.75, 3.05) is 17.2 Å². The number of carbonyl (C=O) groups is 4. The third-order valence-electron chi connectivity index (χ3n) is 4.82. The number of hydrogen-bond acceptors (Lipinski definition) is 12. The van der Waals surface area contributed by atoms with E-state index < -0.39 is 35.1 Å². The smallest absolute Gasteiger partial charge is 0.352 e. The number of carboxylic acid groups (broad SMARTS) is 1. The van der Waals surface area contributed by atoms with Gasteiger partial charge in [-0.1, -0.05) is 11.8 Å². The Kier molecular flexibility index (Phi) is 6.58. The van der Waals surface area contributed by atoms with Gasteiger partial charge >= 0.3 is 5.97 Å². The number of nitrogen functional groups attached to an aromatic ring is 1. The highest BCUT2D eigenvalue weighted by Crippen LogP contribution is 2.41. The van der Waals surface area contributed by atoms with Crippen molar-refractivity contribution in [3.8, 4) is 0 Å². The predicted octanol–water partition coefficient (Wildman–Crippen LogP) is -1.35. The Morgan fingerprint density at radius 2 is 2.18 bits per heavy atom. The molecule has 1 unspecified atom stereocenters. The highest BCUT2D eigenvalue weighted by Gasteiger charge is 2.54. The molecule has 1 saturated heterocycles. The monoisotopic (exact) mass is 523 g/mol. The molecule has 2 aromatic rings. The Bertz CT molecular complexity index is 1250. The minimum Gasteiger partial charge on any atom is -0.477 e. The third-order valence-corrected chi connectivity index (χ3v) is 7.93. The number of fused-ring (bicyclic) bond motifs is 1. The maximum atomic E-state index is 12.9. The zero-order chi connectivity index (χ0) is 24.6. The zero-order valence-corrected chi connectivity index (χ0v) is 19.8. The van der Waals surface area contributed by atoms with E-state index in [1.165, 1.54) is 33.6 Å². The van der Waals surface area contributed by atoms with E-state index in [1.54, 1.807) is 7.05 Å². The number of anilines is 1. The summed E-state index contributed by atoms with van der Waals surface area (Å²) < 4.78 is 1.46. The van der Waals surface area contributed by atoms with E-state index >= 15 is 0 Å². The number of nitrogens with two attached hydrogens (primary N) is 2. The zero-order valence-electron chi connectivity index (χ0n) is 17.4. The van der Waals surface area contributed by atoms with Crippen LogP contribution in [0.3, 0.4) is 0 Å². The number of aliphatic carboxylic acids is 1. The molecule has 3 amide bonds. The Labute approximate surface area is 203 Å². The van der Waals surface area contributed by atoms with Gasteiger partial charge in [-0.2, -0.15) is 0 Å². The lowest BCUT2D eigenvalue weighted by Crippen LogP contribution is -2.70. The van der Waals surface area contributed by atoms with Crippen LogP contribution in [0.15, 0.2) is 27.9 Å². The standard InChI is InChI=1S/C17H17N9O5S3/c1-25-17(22-23-24-25)34-4-6-3-32-14-10(13(29)26(14)11(6)15(30)31)21-12(28)7(2-9(18)27)8-5-33-16(19)20-8/h2,5,10,14H,3-4H2,1H3,(H2,18,27)(H2,19,20)(H,21,28)(H,30,31)/b7-2+/t10?,14-/m1/s1. The molecular weight excluding hydrogens is 506 g/mol. The Hall–Kier alpha value is -3.44. The van der Waals surface area contributed by atoms with Crippen molar-refractivity contribution in [2.24, 2.45) is 12.8 Å². The number of tetrazole rings is 1. The van der Waals surface area contributed by atoms with E-state index in [9.17, 15) is 24.3 Å². The third kappa shape index (κ3) is 4.48. The normalized spacial score (nSPS) is 20.1. The molecule has 2 aliphatic rings. The van der Waals surface area contributed by atoms with Crippen LogP contribution >= 0.6 is 34.9 Å². The van der Waals surface area contributed by atoms with Gasteiger partial charge in [0.25, 0.3) is 11.8 Å². The van der Waals surface area contributed by atoms with Crippen LogP contribution in [0.1, 0.15) is 5.69 Å². The second kappa shape index (κ2) is 9.43. The van der Waals surface area contributed by atoms with Crippen molar-refractivity contribution in [3.05, 3.63) is 28.4 Å². The molecule has 0 aromatic carbocycles. The van der Waals surface area contributed by atoms with Crippen LogP contribution in [0.5, 0.6) is 0 Å². The fourth-order valence-corrected chi connectivity index (χ4v) is 6.22. The van der Waals surface area contributed by atoms with Crippen LogP contribution in [0.2, 0.25) is 0 Å². The van der Waals surface area contributed by atoms with Gasteiger partial charge in [-0.3, -0.25) is 19.3 Å². The molecule has 0 saturated carbocycles. The fraction of sp³-hybridized carbons (Fsp3) is 0.294. The minimum absolute atomic E-state index is 0.123. The van der Waals surface area contributed by atoms with E-state index in [1.807, 2.05) is 0 Å². The van der Waals surface area contributed by atoms with Gasteiger partial charge in [-0.25, -0.2) is 14.5 Å². The van der Waals surface area contributed by atoms with Gasteiger partial charge in [0, 0.05) is 30.0 Å². The average molecular weight is 524 g/mol. The minimum atomic E-state index is -1.25. The van der Waals surface area contributed by atoms with Crippen molar-refractivity contribution in [3.63, 3.8) is 0 Å². The summed E-state index contributed by atoms with van der Waals surface area (Å²) in [6.07, 6.45) is 0.901. The van der Waals surface area contributed by atoms with Gasteiger partial charge in [-0.15, -0.1) is 28.2 Å². The molecule has 0 aliphatic carbocycles. The lowest BCUT2D eigenvalue weighted by atomic mass is 10.0. The molecule has 2 aliphatic heterocycles. The Morgan fingerprint density at radius 3 is 2.76 bits per heavy atom. The maximum Gasteiger partial charge on any atom is 0.352 e. The van der Waals surface area contributed by atoms with Crippen LogP contribution in [-0.4, -0.2) is 81.8 Å². The van der Waals surface area contributed by atoms with Gasteiger partial charge in [0.05, 0.1) is 11.3 Å². The highest BCUT2D eigenvalue weighted by atomic mass is 32.2. The molecule has 14 nitrogen and oxygen atoms in total. The number of amides is 3. The molecule has 2 aromatic heterocycles. The second-order valence-corrected chi connectivity index (χ2v) is 9.96. The van der Waals surface area contributed by atoms with Crippen LogP contribution in [-0.2, 0) is 26.2 Å². The number of aryl methyl sites for hydroxylation is 1. The lowest BCUT2D eigenvalue weighted by molar-refractivity contribution is -0.150. The van der Waals surface area contributed by atoms with Gasteiger partial charge in [0.2, 0.25) is 11.1 Å². The van der Waals surface area contributed by atoms with Gasteiger partial charge in [-0.05, 0) is 16.0 Å². The molecule has 1 fully saturated rings. The topological polar surface area (TPSA) is 212 Å². The van der Waals surface area contributed by atoms with Gasteiger partial charge in [0.1, 0.15) is 17.1 Å². The number of hydrogen-bond donors (Lipinski definition) is 4. The molecule has 4 heterocycles. The maximum absolute atomic E-state index is 12.9. The number of thiazole rings is 1. The molecule has 0 bridgehead atoms.